The lowest BCUT2D eigenvalue weighted by molar-refractivity contribution is 0.389. The molecule has 1 aliphatic heterocycles. The molecule has 1 fully saturated rings. The quantitative estimate of drug-likeness (QED) is 0.565. The van der Waals surface area contributed by atoms with Crippen LogP contribution in [0.15, 0.2) is 23.8 Å². The summed E-state index contributed by atoms with van der Waals surface area (Å²) in [7, 11) is 0. The van der Waals surface area contributed by atoms with Gasteiger partial charge in [0.15, 0.2) is 0 Å². The molecule has 0 spiro atoms. The molecule has 1 atom stereocenters. The molecule has 1 heterocycles. The van der Waals surface area contributed by atoms with Crippen molar-refractivity contribution in [3.8, 4) is 0 Å². The summed E-state index contributed by atoms with van der Waals surface area (Å²) in [6, 6.07) is 0. The summed E-state index contributed by atoms with van der Waals surface area (Å²) in [5.74, 6) is 0.774. The molecule has 2 aliphatic rings. The summed E-state index contributed by atoms with van der Waals surface area (Å²) < 4.78 is 0. The summed E-state index contributed by atoms with van der Waals surface area (Å²) in [6.45, 7) is 2.11. The fourth-order valence-electron chi connectivity index (χ4n) is 1.89. The Bertz CT molecular complexity index is 206. The van der Waals surface area contributed by atoms with Crippen LogP contribution in [0.4, 0.5) is 0 Å². The van der Waals surface area contributed by atoms with Gasteiger partial charge < -0.3 is 0 Å². The summed E-state index contributed by atoms with van der Waals surface area (Å²) in [5.41, 5.74) is 7.96. The van der Waals surface area contributed by atoms with Crippen molar-refractivity contribution >= 4 is 0 Å². The molecule has 1 unspecified atom stereocenters. The van der Waals surface area contributed by atoms with E-state index in [9.17, 15) is 0 Å². The molecule has 0 aromatic rings. The fraction of sp³-hybridized carbons (Fsp3) is 0.600. The molecule has 0 saturated carbocycles. The van der Waals surface area contributed by atoms with Gasteiger partial charge in [0.05, 0.1) is 0 Å². The highest BCUT2D eigenvalue weighted by Gasteiger charge is 2.17. The monoisotopic (exact) mass is 164 g/mol. The second kappa shape index (κ2) is 3.87. The second-order valence-corrected chi connectivity index (χ2v) is 3.53. The van der Waals surface area contributed by atoms with E-state index in [-0.39, 0.29) is 0 Å². The van der Waals surface area contributed by atoms with Crippen LogP contribution < -0.4 is 10.9 Å². The lowest BCUT2D eigenvalue weighted by Crippen LogP contribution is -2.44. The molecule has 2 rings (SSSR count). The van der Waals surface area contributed by atoms with Gasteiger partial charge in [-0.25, -0.2) is 0 Å². The van der Waals surface area contributed by atoms with E-state index in [0.717, 1.165) is 19.0 Å². The maximum atomic E-state index is 3.22. The predicted octanol–water partition coefficient (Wildman–Crippen LogP) is 1.38. The topological polar surface area (TPSA) is 24.1 Å². The van der Waals surface area contributed by atoms with Crippen LogP contribution in [0.3, 0.4) is 0 Å². The van der Waals surface area contributed by atoms with Crippen LogP contribution in [0, 0.1) is 5.92 Å². The first kappa shape index (κ1) is 8.02. The molecule has 0 radical (unpaired) electrons. The third-order valence-corrected chi connectivity index (χ3v) is 2.66. The van der Waals surface area contributed by atoms with Crippen molar-refractivity contribution in [2.24, 2.45) is 5.92 Å². The zero-order valence-corrected chi connectivity index (χ0v) is 7.34. The lowest BCUT2D eigenvalue weighted by atomic mass is 9.90. The molecule has 66 valence electrons. The zero-order chi connectivity index (χ0) is 8.23. The van der Waals surface area contributed by atoms with Crippen molar-refractivity contribution in [3.63, 3.8) is 0 Å². The van der Waals surface area contributed by atoms with Crippen molar-refractivity contribution in [2.45, 2.75) is 19.3 Å². The van der Waals surface area contributed by atoms with Crippen molar-refractivity contribution in [3.05, 3.63) is 23.8 Å². The summed E-state index contributed by atoms with van der Waals surface area (Å²) >= 11 is 0. The van der Waals surface area contributed by atoms with Crippen LogP contribution in [-0.4, -0.2) is 13.1 Å². The van der Waals surface area contributed by atoms with Crippen molar-refractivity contribution in [2.75, 3.05) is 13.1 Å². The normalized spacial score (nSPS) is 37.0. The summed E-state index contributed by atoms with van der Waals surface area (Å²) in [4.78, 5) is 0. The van der Waals surface area contributed by atoms with Gasteiger partial charge in [0.1, 0.15) is 0 Å². The number of rotatable bonds is 0. The largest absolute Gasteiger partial charge is 0.257 e. The van der Waals surface area contributed by atoms with E-state index in [1.54, 1.807) is 5.57 Å². The fourth-order valence-corrected chi connectivity index (χ4v) is 1.89. The van der Waals surface area contributed by atoms with Crippen LogP contribution in [0.25, 0.3) is 0 Å². The van der Waals surface area contributed by atoms with Gasteiger partial charge in [0.25, 0.3) is 0 Å². The third kappa shape index (κ3) is 1.76. The second-order valence-electron chi connectivity index (χ2n) is 3.53. The SMILES string of the molecule is C1=C\CCCC2CNNC/C2=C/1. The standard InChI is InChI=1S/C10H16N2/c1-2-4-6-10-8-12-11-7-9(10)5-3-1/h1,3,5,10-12H,2,4,6-8H2/b3-1-,9-5-. The van der Waals surface area contributed by atoms with Gasteiger partial charge in [-0.1, -0.05) is 23.8 Å². The highest BCUT2D eigenvalue weighted by molar-refractivity contribution is 5.19. The molecule has 2 nitrogen and oxygen atoms in total. The van der Waals surface area contributed by atoms with Gasteiger partial charge in [0, 0.05) is 13.1 Å². The van der Waals surface area contributed by atoms with Crippen LogP contribution in [0.5, 0.6) is 0 Å². The van der Waals surface area contributed by atoms with Gasteiger partial charge in [-0.2, -0.15) is 0 Å². The van der Waals surface area contributed by atoms with E-state index in [1.165, 1.54) is 19.3 Å². The van der Waals surface area contributed by atoms with E-state index in [2.05, 4.69) is 29.1 Å². The van der Waals surface area contributed by atoms with Crippen LogP contribution >= 0.6 is 0 Å². The molecule has 2 N–H and O–H groups in total. The number of hydrogen-bond donors (Lipinski definition) is 2. The first-order valence-electron chi connectivity index (χ1n) is 4.78. The van der Waals surface area contributed by atoms with Gasteiger partial charge >= 0.3 is 0 Å². The average Bonchev–Trinajstić information content (AvgIpc) is 2.06. The third-order valence-electron chi connectivity index (χ3n) is 2.66. The Hall–Kier alpha value is -0.600. The maximum absolute atomic E-state index is 3.22. The highest BCUT2D eigenvalue weighted by Crippen LogP contribution is 2.21. The van der Waals surface area contributed by atoms with E-state index < -0.39 is 0 Å². The maximum Gasteiger partial charge on any atom is 0.0316 e. The molecular formula is C10H16N2. The van der Waals surface area contributed by atoms with Crippen molar-refractivity contribution < 1.29 is 0 Å². The number of allylic oxidation sites excluding steroid dienone is 3. The molecule has 1 aliphatic carbocycles. The molecule has 0 amide bonds. The zero-order valence-electron chi connectivity index (χ0n) is 7.34. The van der Waals surface area contributed by atoms with Crippen LogP contribution in [0.1, 0.15) is 19.3 Å². The Kier molecular flexibility index (Phi) is 2.59. The minimum Gasteiger partial charge on any atom is -0.257 e. The Morgan fingerprint density at radius 1 is 1.33 bits per heavy atom. The molecule has 0 aromatic heterocycles. The minimum absolute atomic E-state index is 0.774. The highest BCUT2D eigenvalue weighted by atomic mass is 15.4. The summed E-state index contributed by atoms with van der Waals surface area (Å²) in [5, 5.41) is 0. The van der Waals surface area contributed by atoms with Gasteiger partial charge in [-0.3, -0.25) is 10.9 Å². The van der Waals surface area contributed by atoms with E-state index >= 15 is 0 Å². The van der Waals surface area contributed by atoms with E-state index in [4.69, 9.17) is 0 Å². The Morgan fingerprint density at radius 2 is 2.33 bits per heavy atom. The Balaban J connectivity index is 2.11. The first-order valence-corrected chi connectivity index (χ1v) is 4.78. The number of fused-ring (bicyclic) bond motifs is 1. The van der Waals surface area contributed by atoms with E-state index in [0.29, 0.717) is 0 Å². The predicted molar refractivity (Wildman–Crippen MR) is 50.6 cm³/mol. The van der Waals surface area contributed by atoms with Gasteiger partial charge in [-0.05, 0) is 25.2 Å². The van der Waals surface area contributed by atoms with Crippen molar-refractivity contribution in [1.29, 1.82) is 0 Å². The smallest absolute Gasteiger partial charge is 0.0316 e. The Labute approximate surface area is 73.7 Å². The molecule has 12 heavy (non-hydrogen) atoms. The molecule has 0 bridgehead atoms. The summed E-state index contributed by atoms with van der Waals surface area (Å²) in [6.07, 6.45) is 10.7. The van der Waals surface area contributed by atoms with Gasteiger partial charge in [-0.15, -0.1) is 0 Å². The van der Waals surface area contributed by atoms with Crippen molar-refractivity contribution in [1.82, 2.24) is 10.9 Å². The molecule has 1 saturated heterocycles. The molecule has 0 aromatic carbocycles. The van der Waals surface area contributed by atoms with Crippen LogP contribution in [0.2, 0.25) is 0 Å². The number of hydrazine groups is 1. The Morgan fingerprint density at radius 3 is 3.33 bits per heavy atom. The average molecular weight is 164 g/mol. The van der Waals surface area contributed by atoms with Gasteiger partial charge in [0.2, 0.25) is 0 Å². The number of nitrogens with one attached hydrogen (secondary N) is 2. The minimum atomic E-state index is 0.774. The molecular weight excluding hydrogens is 148 g/mol. The molecule has 2 heteroatoms. The number of hydrogen-bond acceptors (Lipinski definition) is 2. The van der Waals surface area contributed by atoms with Crippen LogP contribution in [-0.2, 0) is 0 Å². The lowest BCUT2D eigenvalue weighted by Gasteiger charge is -2.27. The van der Waals surface area contributed by atoms with E-state index in [1.807, 2.05) is 0 Å². The first-order chi connectivity index (χ1) is 5.97.